The number of carbonyl (C=O) groups excluding carboxylic acids is 1. The Morgan fingerprint density at radius 3 is 2.40 bits per heavy atom. The fourth-order valence-electron chi connectivity index (χ4n) is 1.67. The molecule has 2 rings (SSSR count). The van der Waals surface area contributed by atoms with Crippen molar-refractivity contribution >= 4 is 17.6 Å². The minimum Gasteiger partial charge on any atom is -0.481 e. The first-order valence-electron chi connectivity index (χ1n) is 6.05. The molecule has 2 aromatic rings. The number of carboxylic acid groups (broad SMARTS) is 1. The van der Waals surface area contributed by atoms with Gasteiger partial charge >= 0.3 is 5.97 Å². The Balaban J connectivity index is 2.13. The fourth-order valence-corrected chi connectivity index (χ4v) is 1.67. The Morgan fingerprint density at radius 2 is 1.90 bits per heavy atom. The van der Waals surface area contributed by atoms with E-state index in [1.165, 1.54) is 12.4 Å². The summed E-state index contributed by atoms with van der Waals surface area (Å²) in [5.74, 6) is -1.17. The summed E-state index contributed by atoms with van der Waals surface area (Å²) in [4.78, 5) is 23.0. The minimum atomic E-state index is -0.965. The molecule has 3 N–H and O–H groups in total. The second-order valence-electron chi connectivity index (χ2n) is 4.95. The van der Waals surface area contributed by atoms with E-state index in [1.54, 1.807) is 38.1 Å². The number of carboxylic acids is 1. The summed E-state index contributed by atoms with van der Waals surface area (Å²) in [5, 5.41) is 18.1. The molecule has 0 bridgehead atoms. The molecule has 0 aliphatic heterocycles. The summed E-state index contributed by atoms with van der Waals surface area (Å²) in [5.41, 5.74) is 0.736. The number of hydrogen-bond acceptors (Lipinski definition) is 3. The van der Waals surface area contributed by atoms with Crippen LogP contribution in [0.25, 0.3) is 0 Å². The van der Waals surface area contributed by atoms with Crippen molar-refractivity contribution in [1.82, 2.24) is 10.2 Å². The van der Waals surface area contributed by atoms with Crippen LogP contribution in [0, 0.1) is 0 Å². The van der Waals surface area contributed by atoms with Crippen molar-refractivity contribution < 1.29 is 14.7 Å². The number of benzene rings is 1. The van der Waals surface area contributed by atoms with Crippen LogP contribution in [0.15, 0.2) is 36.7 Å². The SMILES string of the molecule is CC(C)(C(=O)O)c1ccc(NC(=O)c2cn[nH]c2)cc1. The molecule has 20 heavy (non-hydrogen) atoms. The zero-order valence-corrected chi connectivity index (χ0v) is 11.2. The van der Waals surface area contributed by atoms with Crippen LogP contribution in [-0.4, -0.2) is 27.2 Å². The lowest BCUT2D eigenvalue weighted by Gasteiger charge is -2.19. The van der Waals surface area contributed by atoms with E-state index in [-0.39, 0.29) is 5.91 Å². The van der Waals surface area contributed by atoms with Gasteiger partial charge in [0.25, 0.3) is 5.91 Å². The molecule has 0 spiro atoms. The zero-order chi connectivity index (χ0) is 14.8. The van der Waals surface area contributed by atoms with Gasteiger partial charge in [0.15, 0.2) is 0 Å². The summed E-state index contributed by atoms with van der Waals surface area (Å²) in [6.07, 6.45) is 2.93. The molecule has 0 aliphatic rings. The van der Waals surface area contributed by atoms with E-state index in [9.17, 15) is 9.59 Å². The number of hydrogen-bond donors (Lipinski definition) is 3. The molecule has 1 heterocycles. The quantitative estimate of drug-likeness (QED) is 0.794. The van der Waals surface area contributed by atoms with Crippen LogP contribution < -0.4 is 5.32 Å². The van der Waals surface area contributed by atoms with E-state index in [1.807, 2.05) is 0 Å². The Bertz CT molecular complexity index is 616. The van der Waals surface area contributed by atoms with Gasteiger partial charge in [-0.2, -0.15) is 5.10 Å². The highest BCUT2D eigenvalue weighted by molar-refractivity contribution is 6.03. The van der Waals surface area contributed by atoms with Crippen molar-refractivity contribution in [2.45, 2.75) is 19.3 Å². The maximum absolute atomic E-state index is 11.8. The molecule has 0 fully saturated rings. The number of nitrogens with one attached hydrogen (secondary N) is 2. The first-order chi connectivity index (χ1) is 9.41. The van der Waals surface area contributed by atoms with E-state index in [0.717, 1.165) is 0 Å². The molecule has 6 nitrogen and oxygen atoms in total. The van der Waals surface area contributed by atoms with Crippen molar-refractivity contribution in [3.63, 3.8) is 0 Å². The third kappa shape index (κ3) is 2.69. The number of aromatic amines is 1. The second-order valence-corrected chi connectivity index (χ2v) is 4.95. The first-order valence-corrected chi connectivity index (χ1v) is 6.05. The summed E-state index contributed by atoms with van der Waals surface area (Å²) < 4.78 is 0. The van der Waals surface area contributed by atoms with Crippen LogP contribution in [0.3, 0.4) is 0 Å². The number of aromatic nitrogens is 2. The fraction of sp³-hybridized carbons (Fsp3) is 0.214. The average molecular weight is 273 g/mol. The highest BCUT2D eigenvalue weighted by atomic mass is 16.4. The van der Waals surface area contributed by atoms with Gasteiger partial charge in [-0.1, -0.05) is 12.1 Å². The molecule has 0 atom stereocenters. The third-order valence-corrected chi connectivity index (χ3v) is 3.16. The summed E-state index contributed by atoms with van der Waals surface area (Å²) in [7, 11) is 0. The molecule has 6 heteroatoms. The number of rotatable bonds is 4. The summed E-state index contributed by atoms with van der Waals surface area (Å²) in [6, 6.07) is 6.74. The predicted octanol–water partition coefficient (Wildman–Crippen LogP) is 2.02. The lowest BCUT2D eigenvalue weighted by Crippen LogP contribution is -2.28. The van der Waals surface area contributed by atoms with Crippen molar-refractivity contribution in [2.75, 3.05) is 5.32 Å². The lowest BCUT2D eigenvalue weighted by atomic mass is 9.85. The van der Waals surface area contributed by atoms with Crippen LogP contribution in [-0.2, 0) is 10.2 Å². The molecule has 1 aromatic heterocycles. The highest BCUT2D eigenvalue weighted by Gasteiger charge is 2.29. The van der Waals surface area contributed by atoms with Crippen molar-refractivity contribution in [3.8, 4) is 0 Å². The van der Waals surface area contributed by atoms with Gasteiger partial charge in [-0.25, -0.2) is 0 Å². The first kappa shape index (κ1) is 13.8. The van der Waals surface area contributed by atoms with Gasteiger partial charge in [-0.05, 0) is 31.5 Å². The Labute approximate surface area is 115 Å². The predicted molar refractivity (Wildman–Crippen MR) is 73.6 cm³/mol. The maximum atomic E-state index is 11.8. The van der Waals surface area contributed by atoms with Crippen LogP contribution in [0.2, 0.25) is 0 Å². The smallest absolute Gasteiger partial charge is 0.313 e. The van der Waals surface area contributed by atoms with Crippen molar-refractivity contribution in [2.24, 2.45) is 0 Å². The van der Waals surface area contributed by atoms with E-state index in [0.29, 0.717) is 16.8 Å². The van der Waals surface area contributed by atoms with Crippen LogP contribution in [0.4, 0.5) is 5.69 Å². The molecule has 1 aromatic carbocycles. The van der Waals surface area contributed by atoms with Gasteiger partial charge in [0.1, 0.15) is 0 Å². The number of carbonyl (C=O) groups is 2. The Hall–Kier alpha value is -2.63. The number of aliphatic carboxylic acids is 1. The van der Waals surface area contributed by atoms with Gasteiger partial charge < -0.3 is 10.4 Å². The maximum Gasteiger partial charge on any atom is 0.313 e. The van der Waals surface area contributed by atoms with Crippen molar-refractivity contribution in [3.05, 3.63) is 47.8 Å². The molecule has 0 saturated carbocycles. The third-order valence-electron chi connectivity index (χ3n) is 3.16. The van der Waals surface area contributed by atoms with Gasteiger partial charge in [0.05, 0.1) is 17.2 Å². The van der Waals surface area contributed by atoms with Gasteiger partial charge in [-0.3, -0.25) is 14.7 Å². The van der Waals surface area contributed by atoms with Gasteiger partial charge in [-0.15, -0.1) is 0 Å². The number of anilines is 1. The number of H-pyrrole nitrogens is 1. The molecular weight excluding hydrogens is 258 g/mol. The van der Waals surface area contributed by atoms with Crippen LogP contribution >= 0.6 is 0 Å². The summed E-state index contributed by atoms with van der Waals surface area (Å²) in [6.45, 7) is 3.27. The second kappa shape index (κ2) is 5.16. The van der Waals surface area contributed by atoms with Crippen LogP contribution in [0.1, 0.15) is 29.8 Å². The van der Waals surface area contributed by atoms with Gasteiger partial charge in [0.2, 0.25) is 0 Å². The van der Waals surface area contributed by atoms with Crippen LogP contribution in [0.5, 0.6) is 0 Å². The zero-order valence-electron chi connectivity index (χ0n) is 11.2. The Kier molecular flexibility index (Phi) is 3.56. The number of amides is 1. The van der Waals surface area contributed by atoms with Gasteiger partial charge in [0, 0.05) is 11.9 Å². The molecule has 0 saturated heterocycles. The molecule has 1 amide bonds. The van der Waals surface area contributed by atoms with E-state index in [4.69, 9.17) is 5.11 Å². The monoisotopic (exact) mass is 273 g/mol. The average Bonchev–Trinajstić information content (AvgIpc) is 2.93. The molecule has 0 unspecified atom stereocenters. The molecule has 0 radical (unpaired) electrons. The minimum absolute atomic E-state index is 0.274. The van der Waals surface area contributed by atoms with E-state index < -0.39 is 11.4 Å². The highest BCUT2D eigenvalue weighted by Crippen LogP contribution is 2.24. The Morgan fingerprint density at radius 1 is 1.25 bits per heavy atom. The number of nitrogens with zero attached hydrogens (tertiary/aromatic N) is 1. The van der Waals surface area contributed by atoms with Crippen molar-refractivity contribution in [1.29, 1.82) is 0 Å². The molecular formula is C14H15N3O3. The largest absolute Gasteiger partial charge is 0.481 e. The molecule has 0 aliphatic carbocycles. The van der Waals surface area contributed by atoms with E-state index in [2.05, 4.69) is 15.5 Å². The summed E-state index contributed by atoms with van der Waals surface area (Å²) >= 11 is 0. The molecule has 104 valence electrons. The topological polar surface area (TPSA) is 95.1 Å². The standard InChI is InChI=1S/C14H15N3O3/c1-14(2,13(19)20)10-3-5-11(6-4-10)17-12(18)9-7-15-16-8-9/h3-8H,1-2H3,(H,15,16)(H,17,18)(H,19,20). The normalized spacial score (nSPS) is 11.1. The van der Waals surface area contributed by atoms with E-state index >= 15 is 0 Å². The lowest BCUT2D eigenvalue weighted by molar-refractivity contribution is -0.142.